The molecule has 0 spiro atoms. The summed E-state index contributed by atoms with van der Waals surface area (Å²) in [4.78, 5) is 0. The highest BCUT2D eigenvalue weighted by Crippen LogP contribution is 2.12. The Balaban J connectivity index is 0.000000372. The molecule has 3 nitrogen and oxygen atoms in total. The monoisotopic (exact) mass is 356 g/mol. The van der Waals surface area contributed by atoms with E-state index in [4.69, 9.17) is 0 Å². The molecule has 0 bridgehead atoms. The van der Waals surface area contributed by atoms with Gasteiger partial charge in [-0.3, -0.25) is 0 Å². The molecular weight excluding hydrogens is 331 g/mol. The molecule has 2 aromatic rings. The molecular formula is C18H26Cl2N2O. The lowest BCUT2D eigenvalue weighted by atomic mass is 10.0. The van der Waals surface area contributed by atoms with E-state index in [-0.39, 0.29) is 30.3 Å². The van der Waals surface area contributed by atoms with E-state index in [1.807, 2.05) is 0 Å². The molecule has 0 aliphatic carbocycles. The van der Waals surface area contributed by atoms with Gasteiger partial charge in [-0.1, -0.05) is 48.5 Å². The molecule has 0 unspecified atom stereocenters. The van der Waals surface area contributed by atoms with Gasteiger partial charge in [-0.05, 0) is 48.2 Å². The van der Waals surface area contributed by atoms with E-state index < -0.39 is 0 Å². The average Bonchev–Trinajstić information content (AvgIpc) is 2.56. The smallest absolute Gasteiger partial charge is 0.0208 e. The molecule has 23 heavy (non-hydrogen) atoms. The molecule has 2 aromatic carbocycles. The minimum atomic E-state index is 0. The molecule has 4 N–H and O–H groups in total. The maximum Gasteiger partial charge on any atom is 0.0208 e. The van der Waals surface area contributed by atoms with Crippen LogP contribution in [0.15, 0.2) is 48.5 Å². The highest BCUT2D eigenvalue weighted by molar-refractivity contribution is 5.85. The zero-order valence-electron chi connectivity index (χ0n) is 13.2. The van der Waals surface area contributed by atoms with E-state index in [1.165, 1.54) is 35.1 Å². The first kappa shape index (κ1) is 21.9. The minimum absolute atomic E-state index is 0. The fourth-order valence-corrected chi connectivity index (χ4v) is 2.84. The van der Waals surface area contributed by atoms with Crippen LogP contribution in [0, 0.1) is 0 Å². The molecule has 4 rings (SSSR count). The number of benzene rings is 2. The predicted molar refractivity (Wildman–Crippen MR) is 102 cm³/mol. The fraction of sp³-hybridized carbons (Fsp3) is 0.333. The van der Waals surface area contributed by atoms with Gasteiger partial charge in [-0.2, -0.15) is 0 Å². The van der Waals surface area contributed by atoms with Gasteiger partial charge in [0.1, 0.15) is 0 Å². The lowest BCUT2D eigenvalue weighted by Gasteiger charge is -2.15. The Morgan fingerprint density at radius 1 is 0.565 bits per heavy atom. The van der Waals surface area contributed by atoms with Crippen molar-refractivity contribution in [3.8, 4) is 0 Å². The van der Waals surface area contributed by atoms with Crippen molar-refractivity contribution >= 4 is 24.8 Å². The molecule has 0 aromatic heterocycles. The van der Waals surface area contributed by atoms with Gasteiger partial charge in [-0.15, -0.1) is 24.8 Å². The van der Waals surface area contributed by atoms with E-state index in [0.717, 1.165) is 26.2 Å². The van der Waals surface area contributed by atoms with E-state index in [9.17, 15) is 0 Å². The van der Waals surface area contributed by atoms with Gasteiger partial charge in [0.15, 0.2) is 0 Å². The number of hydrogen-bond acceptors (Lipinski definition) is 2. The molecule has 0 saturated carbocycles. The molecule has 128 valence electrons. The van der Waals surface area contributed by atoms with Gasteiger partial charge in [0.2, 0.25) is 0 Å². The zero-order chi connectivity index (χ0) is 13.6. The van der Waals surface area contributed by atoms with Crippen molar-refractivity contribution in [3.63, 3.8) is 0 Å². The molecule has 5 heteroatoms. The van der Waals surface area contributed by atoms with Crippen molar-refractivity contribution in [2.45, 2.75) is 25.9 Å². The van der Waals surface area contributed by atoms with Gasteiger partial charge in [0, 0.05) is 13.1 Å². The number of rotatable bonds is 0. The average molecular weight is 357 g/mol. The van der Waals surface area contributed by atoms with Gasteiger partial charge >= 0.3 is 0 Å². The fourth-order valence-electron chi connectivity index (χ4n) is 2.84. The minimum Gasteiger partial charge on any atom is -0.412 e. The third-order valence-corrected chi connectivity index (χ3v) is 4.01. The molecule has 0 amide bonds. The third-order valence-electron chi connectivity index (χ3n) is 4.01. The summed E-state index contributed by atoms with van der Waals surface area (Å²) >= 11 is 0. The number of nitrogens with one attached hydrogen (secondary N) is 2. The summed E-state index contributed by atoms with van der Waals surface area (Å²) in [5, 5.41) is 6.68. The lowest BCUT2D eigenvalue weighted by Crippen LogP contribution is -2.23. The Bertz CT molecular complexity index is 477. The molecule has 0 atom stereocenters. The third kappa shape index (κ3) is 6.13. The van der Waals surface area contributed by atoms with Crippen LogP contribution in [0.3, 0.4) is 0 Å². The van der Waals surface area contributed by atoms with Crippen LogP contribution in [0.5, 0.6) is 0 Å². The van der Waals surface area contributed by atoms with Crippen molar-refractivity contribution < 1.29 is 5.48 Å². The molecule has 0 saturated heterocycles. The largest absolute Gasteiger partial charge is 0.412 e. The van der Waals surface area contributed by atoms with Crippen molar-refractivity contribution in [1.29, 1.82) is 0 Å². The Morgan fingerprint density at radius 2 is 0.913 bits per heavy atom. The highest BCUT2D eigenvalue weighted by Gasteiger charge is 2.05. The molecule has 2 aliphatic heterocycles. The summed E-state index contributed by atoms with van der Waals surface area (Å²) in [6.07, 6.45) is 2.38. The van der Waals surface area contributed by atoms with Crippen LogP contribution in [0.4, 0.5) is 0 Å². The standard InChI is InChI=1S/2C9H11N.2ClH.H2O/c2*1-2-4-9-7-10-6-5-8(9)3-1;;;/h2*1-4,10H,5-7H2;2*1H;1H2. The molecule has 2 heterocycles. The first-order chi connectivity index (χ1) is 9.93. The Kier molecular flexibility index (Phi) is 10.9. The van der Waals surface area contributed by atoms with Crippen LogP contribution in [0.25, 0.3) is 0 Å². The predicted octanol–water partition coefficient (Wildman–Crippen LogP) is 2.68. The number of fused-ring (bicyclic) bond motifs is 2. The molecule has 0 fully saturated rings. The summed E-state index contributed by atoms with van der Waals surface area (Å²) in [5.41, 5.74) is 5.96. The van der Waals surface area contributed by atoms with E-state index in [0.29, 0.717) is 0 Å². The second-order valence-electron chi connectivity index (χ2n) is 5.39. The normalized spacial score (nSPS) is 14.3. The molecule has 2 aliphatic rings. The number of halogens is 2. The van der Waals surface area contributed by atoms with Gasteiger partial charge in [0.25, 0.3) is 0 Å². The van der Waals surface area contributed by atoms with E-state index in [2.05, 4.69) is 59.2 Å². The van der Waals surface area contributed by atoms with Gasteiger partial charge in [0.05, 0.1) is 0 Å². The first-order valence-corrected chi connectivity index (χ1v) is 7.48. The quantitative estimate of drug-likeness (QED) is 0.762. The topological polar surface area (TPSA) is 55.6 Å². The second-order valence-corrected chi connectivity index (χ2v) is 5.39. The molecule has 0 radical (unpaired) electrons. The summed E-state index contributed by atoms with van der Waals surface area (Å²) in [7, 11) is 0. The first-order valence-electron chi connectivity index (χ1n) is 7.48. The van der Waals surface area contributed by atoms with Crippen LogP contribution in [-0.4, -0.2) is 18.6 Å². The Morgan fingerprint density at radius 3 is 1.26 bits per heavy atom. The van der Waals surface area contributed by atoms with Gasteiger partial charge < -0.3 is 16.1 Å². The van der Waals surface area contributed by atoms with Crippen LogP contribution < -0.4 is 10.6 Å². The zero-order valence-corrected chi connectivity index (χ0v) is 14.8. The van der Waals surface area contributed by atoms with Crippen molar-refractivity contribution in [3.05, 3.63) is 70.8 Å². The van der Waals surface area contributed by atoms with E-state index in [1.54, 1.807) is 0 Å². The van der Waals surface area contributed by atoms with Crippen LogP contribution in [0.1, 0.15) is 22.3 Å². The number of hydrogen-bond donors (Lipinski definition) is 2. The maximum atomic E-state index is 3.34. The summed E-state index contributed by atoms with van der Waals surface area (Å²) in [6, 6.07) is 17.3. The lowest BCUT2D eigenvalue weighted by molar-refractivity contribution is 0.644. The Hall–Kier alpha value is -1.10. The van der Waals surface area contributed by atoms with Gasteiger partial charge in [-0.25, -0.2) is 0 Å². The van der Waals surface area contributed by atoms with Crippen LogP contribution in [0.2, 0.25) is 0 Å². The maximum absolute atomic E-state index is 3.34. The SMILES string of the molecule is Cl.Cl.O.c1ccc2c(c1)CCNC2.c1ccc2c(c1)CCNC2. The summed E-state index contributed by atoms with van der Waals surface area (Å²) in [6.45, 7) is 4.38. The van der Waals surface area contributed by atoms with Crippen LogP contribution >= 0.6 is 24.8 Å². The van der Waals surface area contributed by atoms with Crippen molar-refractivity contribution in [2.24, 2.45) is 0 Å². The van der Waals surface area contributed by atoms with E-state index >= 15 is 0 Å². The Labute approximate surface area is 151 Å². The van der Waals surface area contributed by atoms with Crippen molar-refractivity contribution in [1.82, 2.24) is 10.6 Å². The van der Waals surface area contributed by atoms with Crippen molar-refractivity contribution in [2.75, 3.05) is 13.1 Å². The summed E-state index contributed by atoms with van der Waals surface area (Å²) in [5.74, 6) is 0. The second kappa shape index (κ2) is 11.4. The highest BCUT2D eigenvalue weighted by atomic mass is 35.5. The summed E-state index contributed by atoms with van der Waals surface area (Å²) < 4.78 is 0. The van der Waals surface area contributed by atoms with Crippen LogP contribution in [-0.2, 0) is 25.9 Å².